The van der Waals surface area contributed by atoms with E-state index in [1.54, 1.807) is 56.7 Å². The maximum atomic E-state index is 12.4. The van der Waals surface area contributed by atoms with E-state index < -0.39 is 5.91 Å². The fraction of sp³-hybridized carbons (Fsp3) is 0.200. The van der Waals surface area contributed by atoms with Gasteiger partial charge < -0.3 is 19.5 Å². The second-order valence-corrected chi connectivity index (χ2v) is 5.20. The molecule has 1 amide bonds. The molecule has 0 aromatic heterocycles. The third-order valence-corrected chi connectivity index (χ3v) is 3.49. The van der Waals surface area contributed by atoms with Gasteiger partial charge in [0.1, 0.15) is 17.4 Å². The van der Waals surface area contributed by atoms with Crippen LogP contribution in [0.5, 0.6) is 17.2 Å². The Bertz CT molecular complexity index is 853. The van der Waals surface area contributed by atoms with Crippen molar-refractivity contribution < 1.29 is 19.0 Å². The summed E-state index contributed by atoms with van der Waals surface area (Å²) in [7, 11) is 3.09. The van der Waals surface area contributed by atoms with Gasteiger partial charge in [0.15, 0.2) is 11.5 Å². The molecule has 0 radical (unpaired) electrons. The fourth-order valence-electron chi connectivity index (χ4n) is 2.27. The molecule has 134 valence electrons. The SMILES string of the molecule is CCOc1cc(/C=C(\C#N)C(=O)Nc2cccc(OC)c2)ccc1OC. The van der Waals surface area contributed by atoms with Gasteiger partial charge in [0.25, 0.3) is 5.91 Å². The van der Waals surface area contributed by atoms with Crippen LogP contribution in [0.3, 0.4) is 0 Å². The van der Waals surface area contributed by atoms with Gasteiger partial charge in [-0.2, -0.15) is 5.26 Å². The van der Waals surface area contributed by atoms with Gasteiger partial charge in [-0.05, 0) is 42.8 Å². The number of hydrogen-bond donors (Lipinski definition) is 1. The van der Waals surface area contributed by atoms with Crippen LogP contribution in [0, 0.1) is 11.3 Å². The zero-order chi connectivity index (χ0) is 18.9. The van der Waals surface area contributed by atoms with E-state index in [1.165, 1.54) is 6.08 Å². The number of nitriles is 1. The van der Waals surface area contributed by atoms with Crippen LogP contribution < -0.4 is 19.5 Å². The molecule has 26 heavy (non-hydrogen) atoms. The summed E-state index contributed by atoms with van der Waals surface area (Å²) in [6.45, 7) is 2.34. The average molecular weight is 352 g/mol. The number of methoxy groups -OCH3 is 2. The lowest BCUT2D eigenvalue weighted by molar-refractivity contribution is -0.112. The van der Waals surface area contributed by atoms with Crippen molar-refractivity contribution in [2.75, 3.05) is 26.1 Å². The largest absolute Gasteiger partial charge is 0.497 e. The van der Waals surface area contributed by atoms with Crippen molar-refractivity contribution >= 4 is 17.7 Å². The van der Waals surface area contributed by atoms with Gasteiger partial charge in [-0.3, -0.25) is 4.79 Å². The summed E-state index contributed by atoms with van der Waals surface area (Å²) in [4.78, 5) is 12.4. The first kappa shape index (κ1) is 18.9. The van der Waals surface area contributed by atoms with Crippen molar-refractivity contribution in [1.29, 1.82) is 5.26 Å². The first-order valence-corrected chi connectivity index (χ1v) is 7.99. The number of hydrogen-bond acceptors (Lipinski definition) is 5. The second kappa shape index (κ2) is 9.14. The number of carbonyl (C=O) groups is 1. The number of rotatable bonds is 7. The second-order valence-electron chi connectivity index (χ2n) is 5.20. The molecule has 2 aromatic carbocycles. The smallest absolute Gasteiger partial charge is 0.266 e. The predicted octanol–water partition coefficient (Wildman–Crippen LogP) is 3.65. The molecular weight excluding hydrogens is 332 g/mol. The van der Waals surface area contributed by atoms with E-state index in [4.69, 9.17) is 14.2 Å². The maximum absolute atomic E-state index is 12.4. The molecule has 0 aliphatic rings. The Hall–Kier alpha value is -3.46. The molecule has 1 N–H and O–H groups in total. The van der Waals surface area contributed by atoms with E-state index in [9.17, 15) is 10.1 Å². The maximum Gasteiger partial charge on any atom is 0.266 e. The van der Waals surface area contributed by atoms with Crippen LogP contribution in [0.25, 0.3) is 6.08 Å². The number of nitrogens with one attached hydrogen (secondary N) is 1. The zero-order valence-corrected chi connectivity index (χ0v) is 14.9. The Morgan fingerprint density at radius 1 is 1.15 bits per heavy atom. The highest BCUT2D eigenvalue weighted by Crippen LogP contribution is 2.29. The third kappa shape index (κ3) is 4.77. The molecule has 6 heteroatoms. The highest BCUT2D eigenvalue weighted by atomic mass is 16.5. The minimum absolute atomic E-state index is 0.0274. The van der Waals surface area contributed by atoms with Crippen molar-refractivity contribution in [3.05, 3.63) is 53.6 Å². The van der Waals surface area contributed by atoms with E-state index in [1.807, 2.05) is 13.0 Å². The third-order valence-electron chi connectivity index (χ3n) is 3.49. The van der Waals surface area contributed by atoms with E-state index in [0.717, 1.165) is 0 Å². The summed E-state index contributed by atoms with van der Waals surface area (Å²) >= 11 is 0. The summed E-state index contributed by atoms with van der Waals surface area (Å²) in [6, 6.07) is 14.0. The minimum Gasteiger partial charge on any atom is -0.497 e. The number of anilines is 1. The Kier molecular flexibility index (Phi) is 6.63. The normalized spacial score (nSPS) is 10.6. The van der Waals surface area contributed by atoms with Crippen LogP contribution in [0.4, 0.5) is 5.69 Å². The summed E-state index contributed by atoms with van der Waals surface area (Å²) in [5, 5.41) is 12.0. The highest BCUT2D eigenvalue weighted by Gasteiger charge is 2.11. The van der Waals surface area contributed by atoms with E-state index in [0.29, 0.717) is 35.1 Å². The minimum atomic E-state index is -0.505. The van der Waals surface area contributed by atoms with Crippen LogP contribution >= 0.6 is 0 Å². The average Bonchev–Trinajstić information content (AvgIpc) is 2.66. The number of carbonyl (C=O) groups excluding carboxylic acids is 1. The molecule has 0 fully saturated rings. The van der Waals surface area contributed by atoms with Crippen molar-refractivity contribution in [3.8, 4) is 23.3 Å². The molecule has 2 aromatic rings. The lowest BCUT2D eigenvalue weighted by Gasteiger charge is -2.10. The van der Waals surface area contributed by atoms with Gasteiger partial charge in [0.2, 0.25) is 0 Å². The molecule has 0 saturated heterocycles. The lowest BCUT2D eigenvalue weighted by Crippen LogP contribution is -2.13. The fourth-order valence-corrected chi connectivity index (χ4v) is 2.27. The monoisotopic (exact) mass is 352 g/mol. The Labute approximate surface area is 152 Å². The number of ether oxygens (including phenoxy) is 3. The first-order chi connectivity index (χ1) is 12.6. The lowest BCUT2D eigenvalue weighted by atomic mass is 10.1. The molecule has 0 spiro atoms. The van der Waals surface area contributed by atoms with Crippen molar-refractivity contribution in [2.45, 2.75) is 6.92 Å². The molecule has 0 aliphatic carbocycles. The first-order valence-electron chi connectivity index (χ1n) is 7.99. The van der Waals surface area contributed by atoms with Crippen LogP contribution in [0.2, 0.25) is 0 Å². The Balaban J connectivity index is 2.25. The van der Waals surface area contributed by atoms with Crippen LogP contribution in [0.1, 0.15) is 12.5 Å². The zero-order valence-electron chi connectivity index (χ0n) is 14.9. The molecule has 2 rings (SSSR count). The molecular formula is C20H20N2O4. The van der Waals surface area contributed by atoms with Crippen molar-refractivity contribution in [1.82, 2.24) is 0 Å². The number of nitrogens with zero attached hydrogens (tertiary/aromatic N) is 1. The summed E-state index contributed by atoms with van der Waals surface area (Å²) in [5.74, 6) is 1.24. The van der Waals surface area contributed by atoms with Crippen LogP contribution in [-0.4, -0.2) is 26.7 Å². The molecule has 0 heterocycles. The van der Waals surface area contributed by atoms with E-state index in [-0.39, 0.29) is 5.57 Å². The highest BCUT2D eigenvalue weighted by molar-refractivity contribution is 6.09. The Morgan fingerprint density at radius 2 is 1.96 bits per heavy atom. The molecule has 0 aliphatic heterocycles. The molecule has 0 atom stereocenters. The van der Waals surface area contributed by atoms with Gasteiger partial charge in [-0.1, -0.05) is 12.1 Å². The van der Waals surface area contributed by atoms with Gasteiger partial charge >= 0.3 is 0 Å². The molecule has 0 bridgehead atoms. The van der Waals surface area contributed by atoms with E-state index in [2.05, 4.69) is 5.32 Å². The van der Waals surface area contributed by atoms with Gasteiger partial charge in [-0.25, -0.2) is 0 Å². The standard InChI is InChI=1S/C20H20N2O4/c1-4-26-19-11-14(8-9-18(19)25-3)10-15(13-21)20(23)22-16-6-5-7-17(12-16)24-2/h5-12H,4H2,1-3H3,(H,22,23)/b15-10+. The van der Waals surface area contributed by atoms with Crippen molar-refractivity contribution in [2.24, 2.45) is 0 Å². The van der Waals surface area contributed by atoms with E-state index >= 15 is 0 Å². The summed E-state index contributed by atoms with van der Waals surface area (Å²) < 4.78 is 15.9. The molecule has 6 nitrogen and oxygen atoms in total. The molecule has 0 unspecified atom stereocenters. The van der Waals surface area contributed by atoms with Crippen LogP contribution in [-0.2, 0) is 4.79 Å². The quantitative estimate of drug-likeness (QED) is 0.608. The number of amides is 1. The predicted molar refractivity (Wildman–Crippen MR) is 99.4 cm³/mol. The van der Waals surface area contributed by atoms with Gasteiger partial charge in [0.05, 0.1) is 20.8 Å². The summed E-state index contributed by atoms with van der Waals surface area (Å²) in [5.41, 5.74) is 1.17. The van der Waals surface area contributed by atoms with Crippen LogP contribution in [0.15, 0.2) is 48.0 Å². The summed E-state index contributed by atoms with van der Waals surface area (Å²) in [6.07, 6.45) is 1.50. The van der Waals surface area contributed by atoms with Gasteiger partial charge in [-0.15, -0.1) is 0 Å². The Morgan fingerprint density at radius 3 is 2.62 bits per heavy atom. The van der Waals surface area contributed by atoms with Gasteiger partial charge in [0, 0.05) is 11.8 Å². The van der Waals surface area contributed by atoms with Crippen molar-refractivity contribution in [3.63, 3.8) is 0 Å². The topological polar surface area (TPSA) is 80.6 Å². The molecule has 0 saturated carbocycles. The number of benzene rings is 2.